The largest absolute Gasteiger partial charge is 0.466 e. The highest BCUT2D eigenvalue weighted by molar-refractivity contribution is 5.82. The smallest absolute Gasteiger partial charge is 0.331 e. The minimum absolute atomic E-state index is 0.385. The predicted octanol–water partition coefficient (Wildman–Crippen LogP) is 1.08. The Labute approximate surface area is 88.7 Å². The Bertz CT molecular complexity index is 369. The molecule has 1 aromatic rings. The second-order valence-corrected chi connectivity index (χ2v) is 3.02. The molecule has 0 aliphatic heterocycles. The number of nitrogens with one attached hydrogen (secondary N) is 1. The molecule has 0 fully saturated rings. The van der Waals surface area contributed by atoms with Gasteiger partial charge >= 0.3 is 5.97 Å². The van der Waals surface area contributed by atoms with Crippen molar-refractivity contribution in [3.8, 4) is 0 Å². The van der Waals surface area contributed by atoms with Gasteiger partial charge in [0.2, 0.25) is 0 Å². The fraction of sp³-hybridized carbons (Fsp3) is 0.400. The molecule has 1 rings (SSSR count). The molecule has 0 saturated carbocycles. The second kappa shape index (κ2) is 5.19. The second-order valence-electron chi connectivity index (χ2n) is 3.02. The lowest BCUT2D eigenvalue weighted by atomic mass is 10.3. The zero-order chi connectivity index (χ0) is 11.3. The number of hydrogen-bond acceptors (Lipinski definition) is 4. The van der Waals surface area contributed by atoms with Crippen molar-refractivity contribution in [2.24, 2.45) is 7.05 Å². The van der Waals surface area contributed by atoms with Gasteiger partial charge in [-0.15, -0.1) is 0 Å². The Morgan fingerprint density at radius 2 is 2.47 bits per heavy atom. The van der Waals surface area contributed by atoms with E-state index in [2.05, 4.69) is 15.2 Å². The number of ether oxygens (including phenoxy) is 1. The van der Waals surface area contributed by atoms with Gasteiger partial charge < -0.3 is 10.1 Å². The van der Waals surface area contributed by atoms with Gasteiger partial charge in [-0.05, 0) is 6.42 Å². The Morgan fingerprint density at radius 1 is 1.73 bits per heavy atom. The molecule has 0 aliphatic rings. The van der Waals surface area contributed by atoms with E-state index in [1.807, 2.05) is 20.2 Å². The molecule has 15 heavy (non-hydrogen) atoms. The Balaban J connectivity index is 2.64. The standard InChI is InChI=1S/C10H15N3O2/c1-4-8-9(7-13(2)12-8)11-6-5-10(14)15-3/h5-7,11H,4H2,1-3H3/b6-5+. The summed E-state index contributed by atoms with van der Waals surface area (Å²) >= 11 is 0. The van der Waals surface area contributed by atoms with Gasteiger partial charge in [0.25, 0.3) is 0 Å². The topological polar surface area (TPSA) is 56.2 Å². The number of aryl methyl sites for hydroxylation is 2. The van der Waals surface area contributed by atoms with E-state index in [1.165, 1.54) is 13.2 Å². The number of carbonyl (C=O) groups excluding carboxylic acids is 1. The van der Waals surface area contributed by atoms with Gasteiger partial charge in [0.05, 0.1) is 18.5 Å². The average molecular weight is 209 g/mol. The molecule has 0 spiro atoms. The third-order valence-electron chi connectivity index (χ3n) is 1.90. The number of hydrogen-bond donors (Lipinski definition) is 1. The van der Waals surface area contributed by atoms with E-state index in [0.29, 0.717) is 0 Å². The fourth-order valence-corrected chi connectivity index (χ4v) is 1.18. The van der Waals surface area contributed by atoms with Crippen LogP contribution in [-0.4, -0.2) is 22.9 Å². The van der Waals surface area contributed by atoms with Gasteiger partial charge in [0, 0.05) is 25.5 Å². The van der Waals surface area contributed by atoms with E-state index in [-0.39, 0.29) is 5.97 Å². The number of rotatable bonds is 4. The summed E-state index contributed by atoms with van der Waals surface area (Å²) in [6.07, 6.45) is 5.57. The molecule has 82 valence electrons. The molecular formula is C10H15N3O2. The first-order valence-corrected chi connectivity index (χ1v) is 4.71. The van der Waals surface area contributed by atoms with E-state index >= 15 is 0 Å². The zero-order valence-electron chi connectivity index (χ0n) is 9.15. The summed E-state index contributed by atoms with van der Waals surface area (Å²) in [7, 11) is 3.20. The van der Waals surface area contributed by atoms with Crippen molar-refractivity contribution >= 4 is 11.7 Å². The van der Waals surface area contributed by atoms with Crippen LogP contribution in [0.4, 0.5) is 5.69 Å². The highest BCUT2D eigenvalue weighted by atomic mass is 16.5. The zero-order valence-corrected chi connectivity index (χ0v) is 9.15. The van der Waals surface area contributed by atoms with Crippen molar-refractivity contribution < 1.29 is 9.53 Å². The lowest BCUT2D eigenvalue weighted by Gasteiger charge is -1.97. The van der Waals surface area contributed by atoms with Crippen LogP contribution in [0.25, 0.3) is 0 Å². The molecule has 0 saturated heterocycles. The van der Waals surface area contributed by atoms with Crippen LogP contribution in [-0.2, 0) is 23.0 Å². The average Bonchev–Trinajstić information content (AvgIpc) is 2.58. The van der Waals surface area contributed by atoms with Crippen LogP contribution < -0.4 is 5.32 Å². The van der Waals surface area contributed by atoms with Crippen LogP contribution in [0.3, 0.4) is 0 Å². The molecule has 1 N–H and O–H groups in total. The van der Waals surface area contributed by atoms with E-state index in [0.717, 1.165) is 17.8 Å². The molecule has 0 unspecified atom stereocenters. The van der Waals surface area contributed by atoms with E-state index < -0.39 is 0 Å². The van der Waals surface area contributed by atoms with Gasteiger partial charge in [-0.25, -0.2) is 4.79 Å². The summed E-state index contributed by atoms with van der Waals surface area (Å²) < 4.78 is 6.19. The Morgan fingerprint density at radius 3 is 3.07 bits per heavy atom. The maximum absolute atomic E-state index is 10.8. The third-order valence-corrected chi connectivity index (χ3v) is 1.90. The Kier molecular flexibility index (Phi) is 3.91. The third kappa shape index (κ3) is 3.12. The first kappa shape index (κ1) is 11.3. The summed E-state index contributed by atoms with van der Waals surface area (Å²) in [5.41, 5.74) is 1.87. The molecule has 1 aromatic heterocycles. The van der Waals surface area contributed by atoms with E-state index in [9.17, 15) is 4.79 Å². The molecule has 5 nitrogen and oxygen atoms in total. The number of anilines is 1. The first-order chi connectivity index (χ1) is 7.17. The van der Waals surface area contributed by atoms with Crippen molar-refractivity contribution in [2.75, 3.05) is 12.4 Å². The predicted molar refractivity (Wildman–Crippen MR) is 57.4 cm³/mol. The number of aromatic nitrogens is 2. The highest BCUT2D eigenvalue weighted by Crippen LogP contribution is 2.13. The number of esters is 1. The minimum atomic E-state index is -0.385. The number of carbonyl (C=O) groups is 1. The van der Waals surface area contributed by atoms with Crippen LogP contribution in [0.1, 0.15) is 12.6 Å². The van der Waals surface area contributed by atoms with Crippen molar-refractivity contribution in [2.45, 2.75) is 13.3 Å². The van der Waals surface area contributed by atoms with E-state index in [1.54, 1.807) is 10.9 Å². The summed E-state index contributed by atoms with van der Waals surface area (Å²) in [4.78, 5) is 10.8. The minimum Gasteiger partial charge on any atom is -0.466 e. The van der Waals surface area contributed by atoms with Crippen LogP contribution in [0.15, 0.2) is 18.5 Å². The number of nitrogens with zero attached hydrogens (tertiary/aromatic N) is 2. The molecule has 0 atom stereocenters. The highest BCUT2D eigenvalue weighted by Gasteiger charge is 2.03. The van der Waals surface area contributed by atoms with Crippen LogP contribution in [0, 0.1) is 0 Å². The quantitative estimate of drug-likeness (QED) is 0.595. The molecule has 5 heteroatoms. The van der Waals surface area contributed by atoms with Gasteiger partial charge in [-0.1, -0.05) is 6.92 Å². The maximum atomic E-state index is 10.8. The van der Waals surface area contributed by atoms with Crippen molar-refractivity contribution in [1.29, 1.82) is 0 Å². The molecule has 1 heterocycles. The van der Waals surface area contributed by atoms with Gasteiger partial charge in [0.15, 0.2) is 0 Å². The molecular weight excluding hydrogens is 194 g/mol. The molecule has 0 aromatic carbocycles. The lowest BCUT2D eigenvalue weighted by molar-refractivity contribution is -0.134. The summed E-state index contributed by atoms with van der Waals surface area (Å²) in [6.45, 7) is 2.03. The van der Waals surface area contributed by atoms with Crippen molar-refractivity contribution in [3.05, 3.63) is 24.2 Å². The van der Waals surface area contributed by atoms with Crippen LogP contribution in [0.2, 0.25) is 0 Å². The van der Waals surface area contributed by atoms with Gasteiger partial charge in [-0.2, -0.15) is 5.10 Å². The summed E-state index contributed by atoms with van der Waals surface area (Å²) in [6, 6.07) is 0. The monoisotopic (exact) mass is 209 g/mol. The molecule has 0 aliphatic carbocycles. The normalized spacial score (nSPS) is 10.6. The first-order valence-electron chi connectivity index (χ1n) is 4.71. The SMILES string of the molecule is CCc1nn(C)cc1N/C=C/C(=O)OC. The molecule has 0 radical (unpaired) electrons. The lowest BCUT2D eigenvalue weighted by Crippen LogP contribution is -1.97. The number of methoxy groups -OCH3 is 1. The fourth-order valence-electron chi connectivity index (χ4n) is 1.18. The van der Waals surface area contributed by atoms with Crippen molar-refractivity contribution in [3.63, 3.8) is 0 Å². The Hall–Kier alpha value is -1.78. The van der Waals surface area contributed by atoms with Crippen LogP contribution >= 0.6 is 0 Å². The van der Waals surface area contributed by atoms with Gasteiger partial charge in [-0.3, -0.25) is 4.68 Å². The van der Waals surface area contributed by atoms with Crippen LogP contribution in [0.5, 0.6) is 0 Å². The summed E-state index contributed by atoms with van der Waals surface area (Å²) in [5, 5.41) is 7.24. The molecule has 0 amide bonds. The van der Waals surface area contributed by atoms with E-state index in [4.69, 9.17) is 0 Å². The van der Waals surface area contributed by atoms with Crippen molar-refractivity contribution in [1.82, 2.24) is 9.78 Å². The summed E-state index contributed by atoms with van der Waals surface area (Å²) in [5.74, 6) is -0.385. The molecule has 0 bridgehead atoms. The van der Waals surface area contributed by atoms with Gasteiger partial charge in [0.1, 0.15) is 0 Å². The maximum Gasteiger partial charge on any atom is 0.331 e.